The molecule has 1 saturated heterocycles. The number of piperidine rings is 1. The maximum atomic E-state index is 12.8. The Morgan fingerprint density at radius 2 is 2.22 bits per heavy atom. The van der Waals surface area contributed by atoms with Crippen molar-refractivity contribution in [2.75, 3.05) is 37.0 Å². The zero-order valence-corrected chi connectivity index (χ0v) is 15.7. The van der Waals surface area contributed by atoms with Crippen LogP contribution in [0, 0.1) is 0 Å². The first-order valence-corrected chi connectivity index (χ1v) is 8.91. The van der Waals surface area contributed by atoms with Crippen molar-refractivity contribution in [2.24, 2.45) is 7.05 Å². The lowest BCUT2D eigenvalue weighted by Crippen LogP contribution is -2.44. The van der Waals surface area contributed by atoms with E-state index in [1.54, 1.807) is 14.0 Å². The van der Waals surface area contributed by atoms with Gasteiger partial charge in [-0.1, -0.05) is 5.16 Å². The zero-order valence-electron chi connectivity index (χ0n) is 15.7. The second-order valence-corrected chi connectivity index (χ2v) is 6.35. The van der Waals surface area contributed by atoms with Crippen molar-refractivity contribution in [3.05, 3.63) is 28.5 Å². The molecule has 2 aromatic heterocycles. The van der Waals surface area contributed by atoms with E-state index in [1.165, 1.54) is 17.0 Å². The van der Waals surface area contributed by atoms with Crippen LogP contribution in [0.5, 0.6) is 5.75 Å². The van der Waals surface area contributed by atoms with E-state index < -0.39 is 11.5 Å². The number of anilines is 2. The Morgan fingerprint density at radius 1 is 1.48 bits per heavy atom. The molecular weight excluding hydrogens is 352 g/mol. The summed E-state index contributed by atoms with van der Waals surface area (Å²) >= 11 is 0. The Kier molecular flexibility index (Phi) is 5.75. The Morgan fingerprint density at radius 3 is 2.85 bits per heavy atom. The van der Waals surface area contributed by atoms with Crippen LogP contribution in [0.4, 0.5) is 11.6 Å². The third kappa shape index (κ3) is 3.95. The van der Waals surface area contributed by atoms with Gasteiger partial charge < -0.3 is 24.8 Å². The molecule has 10 heteroatoms. The lowest BCUT2D eigenvalue weighted by Gasteiger charge is -2.33. The van der Waals surface area contributed by atoms with Crippen molar-refractivity contribution >= 4 is 17.5 Å². The summed E-state index contributed by atoms with van der Waals surface area (Å²) in [6.07, 6.45) is 4.52. The van der Waals surface area contributed by atoms with Gasteiger partial charge in [0, 0.05) is 20.1 Å². The van der Waals surface area contributed by atoms with Gasteiger partial charge in [-0.2, -0.15) is 0 Å². The highest BCUT2D eigenvalue weighted by atomic mass is 16.5. The fraction of sp³-hybridized carbons (Fsp3) is 0.529. The van der Waals surface area contributed by atoms with Gasteiger partial charge >= 0.3 is 0 Å². The summed E-state index contributed by atoms with van der Waals surface area (Å²) in [5, 5.41) is 9.47. The predicted octanol–water partition coefficient (Wildman–Crippen LogP) is 0.608. The quantitative estimate of drug-likeness (QED) is 0.754. The molecule has 1 amide bonds. The van der Waals surface area contributed by atoms with E-state index in [2.05, 4.69) is 20.8 Å². The van der Waals surface area contributed by atoms with Crippen LogP contribution < -0.4 is 25.8 Å². The smallest absolute Gasteiger partial charge is 0.297 e. The van der Waals surface area contributed by atoms with Gasteiger partial charge in [0.05, 0.1) is 12.8 Å². The van der Waals surface area contributed by atoms with E-state index in [0.717, 1.165) is 25.9 Å². The van der Waals surface area contributed by atoms with Crippen molar-refractivity contribution in [1.29, 1.82) is 0 Å². The maximum Gasteiger partial charge on any atom is 0.297 e. The van der Waals surface area contributed by atoms with Crippen LogP contribution in [0.25, 0.3) is 0 Å². The van der Waals surface area contributed by atoms with Gasteiger partial charge in [-0.25, -0.2) is 4.98 Å². The van der Waals surface area contributed by atoms with Crippen LogP contribution in [0.2, 0.25) is 0 Å². The third-order valence-corrected chi connectivity index (χ3v) is 4.59. The van der Waals surface area contributed by atoms with Gasteiger partial charge in [-0.3, -0.25) is 14.2 Å². The zero-order chi connectivity index (χ0) is 19.4. The van der Waals surface area contributed by atoms with Crippen LogP contribution in [0.1, 0.15) is 30.3 Å². The monoisotopic (exact) mass is 376 g/mol. The molecule has 2 aromatic rings. The van der Waals surface area contributed by atoms with Gasteiger partial charge in [0.1, 0.15) is 12.0 Å². The third-order valence-electron chi connectivity index (χ3n) is 4.59. The van der Waals surface area contributed by atoms with Gasteiger partial charge in [-0.05, 0) is 32.9 Å². The number of ether oxygens (including phenoxy) is 1. The number of amides is 1. The average Bonchev–Trinajstić information content (AvgIpc) is 3.19. The van der Waals surface area contributed by atoms with E-state index in [-0.39, 0.29) is 24.1 Å². The second kappa shape index (κ2) is 8.21. The minimum Gasteiger partial charge on any atom is -0.486 e. The summed E-state index contributed by atoms with van der Waals surface area (Å²) in [5.74, 6) is -0.207. The topological polar surface area (TPSA) is 115 Å². The van der Waals surface area contributed by atoms with E-state index >= 15 is 0 Å². The molecule has 0 saturated carbocycles. The van der Waals surface area contributed by atoms with Gasteiger partial charge in [0.25, 0.3) is 11.5 Å². The molecule has 3 heterocycles. The van der Waals surface area contributed by atoms with E-state index in [4.69, 9.17) is 9.26 Å². The Balaban J connectivity index is 2.00. The molecule has 146 valence electrons. The number of carbonyl (C=O) groups excluding carboxylic acids is 1. The van der Waals surface area contributed by atoms with E-state index in [9.17, 15) is 9.59 Å². The summed E-state index contributed by atoms with van der Waals surface area (Å²) in [6, 6.07) is 0.233. The molecule has 2 N–H and O–H groups in total. The number of hydrogen-bond acceptors (Lipinski definition) is 8. The van der Waals surface area contributed by atoms with Crippen LogP contribution in [-0.2, 0) is 7.05 Å². The first kappa shape index (κ1) is 18.9. The molecule has 0 radical (unpaired) electrons. The molecule has 1 fully saturated rings. The first-order valence-electron chi connectivity index (χ1n) is 8.91. The fourth-order valence-corrected chi connectivity index (χ4v) is 3.13. The standard InChI is InChI=1S/C17H24N6O4/c1-4-26-14-13(15(24)20-11-9-19-27-10-11)21-17(23(3)16(14)25)22(2)12-5-7-18-8-6-12/h9-10,12,18H,4-8H2,1-3H3,(H,20,24). The molecule has 0 unspecified atom stereocenters. The number of nitrogens with one attached hydrogen (secondary N) is 2. The fourth-order valence-electron chi connectivity index (χ4n) is 3.13. The van der Waals surface area contributed by atoms with Crippen molar-refractivity contribution in [3.8, 4) is 5.75 Å². The number of carbonyl (C=O) groups is 1. The van der Waals surface area contributed by atoms with Crippen molar-refractivity contribution in [1.82, 2.24) is 20.0 Å². The molecule has 10 nitrogen and oxygen atoms in total. The highest BCUT2D eigenvalue weighted by molar-refractivity contribution is 6.04. The molecule has 1 aliphatic rings. The SMILES string of the molecule is CCOc1c(C(=O)Nc2cnoc2)nc(N(C)C2CCNCC2)n(C)c1=O. The Hall–Kier alpha value is -2.88. The number of nitrogens with zero attached hydrogens (tertiary/aromatic N) is 4. The summed E-state index contributed by atoms with van der Waals surface area (Å²) in [7, 11) is 3.52. The maximum absolute atomic E-state index is 12.8. The highest BCUT2D eigenvalue weighted by Gasteiger charge is 2.27. The normalized spacial score (nSPS) is 14.8. The van der Waals surface area contributed by atoms with E-state index in [0.29, 0.717) is 11.6 Å². The second-order valence-electron chi connectivity index (χ2n) is 6.35. The minimum atomic E-state index is -0.556. The lowest BCUT2D eigenvalue weighted by atomic mass is 10.1. The van der Waals surface area contributed by atoms with Crippen molar-refractivity contribution in [2.45, 2.75) is 25.8 Å². The molecule has 0 spiro atoms. The lowest BCUT2D eigenvalue weighted by molar-refractivity contribution is 0.101. The van der Waals surface area contributed by atoms with Crippen molar-refractivity contribution < 1.29 is 14.1 Å². The largest absolute Gasteiger partial charge is 0.486 e. The molecule has 0 atom stereocenters. The molecule has 1 aliphatic heterocycles. The molecule has 3 rings (SSSR count). The molecule has 0 aliphatic carbocycles. The average molecular weight is 376 g/mol. The predicted molar refractivity (Wildman–Crippen MR) is 99.4 cm³/mol. The van der Waals surface area contributed by atoms with Gasteiger partial charge in [0.15, 0.2) is 5.69 Å². The summed E-state index contributed by atoms with van der Waals surface area (Å²) in [4.78, 5) is 32.0. The summed E-state index contributed by atoms with van der Waals surface area (Å²) < 4.78 is 11.6. The summed E-state index contributed by atoms with van der Waals surface area (Å²) in [5.41, 5.74) is -0.0896. The molecule has 27 heavy (non-hydrogen) atoms. The van der Waals surface area contributed by atoms with Crippen LogP contribution in [-0.4, -0.2) is 53.4 Å². The molecule has 0 aromatic carbocycles. The Bertz CT molecular complexity index is 842. The number of rotatable bonds is 6. The first-order chi connectivity index (χ1) is 13.0. The highest BCUT2D eigenvalue weighted by Crippen LogP contribution is 2.21. The van der Waals surface area contributed by atoms with Crippen LogP contribution >= 0.6 is 0 Å². The minimum absolute atomic E-state index is 0.0584. The van der Waals surface area contributed by atoms with Gasteiger partial charge in [-0.15, -0.1) is 0 Å². The van der Waals surface area contributed by atoms with Crippen LogP contribution in [0.15, 0.2) is 21.8 Å². The van der Waals surface area contributed by atoms with Gasteiger partial charge in [0.2, 0.25) is 11.7 Å². The Labute approximate surface area is 156 Å². The molecule has 0 bridgehead atoms. The number of hydrogen-bond donors (Lipinski definition) is 2. The molecular formula is C17H24N6O4. The summed E-state index contributed by atoms with van der Waals surface area (Å²) in [6.45, 7) is 3.80. The van der Waals surface area contributed by atoms with Crippen molar-refractivity contribution in [3.63, 3.8) is 0 Å². The van der Waals surface area contributed by atoms with E-state index in [1.807, 2.05) is 11.9 Å². The van der Waals surface area contributed by atoms with Crippen LogP contribution in [0.3, 0.4) is 0 Å². The number of aromatic nitrogens is 3.